The van der Waals surface area contributed by atoms with Gasteiger partial charge >= 0.3 is 0 Å². The standard InChI is InChI=1S/C15H18N2O3/c1-10-14(11(2)20-17-10)8-9-16-15(18)12-4-6-13(19-3)7-5-12/h4-7H,8-9H2,1-3H3,(H,16,18). The molecule has 1 aromatic heterocycles. The van der Waals surface area contributed by atoms with Crippen LogP contribution in [0, 0.1) is 13.8 Å². The maximum absolute atomic E-state index is 12.0. The van der Waals surface area contributed by atoms with E-state index in [0.29, 0.717) is 18.5 Å². The summed E-state index contributed by atoms with van der Waals surface area (Å²) in [7, 11) is 1.60. The zero-order valence-electron chi connectivity index (χ0n) is 11.9. The molecule has 20 heavy (non-hydrogen) atoms. The highest BCUT2D eigenvalue weighted by Gasteiger charge is 2.10. The van der Waals surface area contributed by atoms with E-state index in [0.717, 1.165) is 22.8 Å². The molecule has 0 spiro atoms. The van der Waals surface area contributed by atoms with Crippen LogP contribution in [0.25, 0.3) is 0 Å². The van der Waals surface area contributed by atoms with Crippen LogP contribution >= 0.6 is 0 Å². The molecule has 2 rings (SSSR count). The van der Waals surface area contributed by atoms with E-state index in [1.807, 2.05) is 13.8 Å². The molecule has 1 aromatic carbocycles. The third kappa shape index (κ3) is 3.17. The average molecular weight is 274 g/mol. The first-order valence-corrected chi connectivity index (χ1v) is 6.46. The van der Waals surface area contributed by atoms with Gasteiger partial charge in [-0.05, 0) is 44.5 Å². The highest BCUT2D eigenvalue weighted by molar-refractivity contribution is 5.94. The van der Waals surface area contributed by atoms with Gasteiger partial charge in [-0.15, -0.1) is 0 Å². The number of carbonyl (C=O) groups is 1. The Labute approximate surface area is 117 Å². The molecule has 0 fully saturated rings. The van der Waals surface area contributed by atoms with Crippen LogP contribution in [0.15, 0.2) is 28.8 Å². The van der Waals surface area contributed by atoms with Crippen LogP contribution in [0.3, 0.4) is 0 Å². The third-order valence-electron chi connectivity index (χ3n) is 3.19. The molecule has 1 amide bonds. The molecule has 0 aliphatic heterocycles. The van der Waals surface area contributed by atoms with Crippen LogP contribution in [0.4, 0.5) is 0 Å². The first kappa shape index (κ1) is 14.1. The van der Waals surface area contributed by atoms with Gasteiger partial charge in [0.25, 0.3) is 5.91 Å². The minimum atomic E-state index is -0.0978. The Balaban J connectivity index is 1.89. The number of nitrogens with one attached hydrogen (secondary N) is 1. The first-order chi connectivity index (χ1) is 9.61. The van der Waals surface area contributed by atoms with Crippen molar-refractivity contribution in [3.8, 4) is 5.75 Å². The Hall–Kier alpha value is -2.30. The van der Waals surface area contributed by atoms with Gasteiger partial charge in [0.1, 0.15) is 11.5 Å². The fourth-order valence-corrected chi connectivity index (χ4v) is 2.00. The average Bonchev–Trinajstić information content (AvgIpc) is 2.79. The number of benzene rings is 1. The second kappa shape index (κ2) is 6.23. The van der Waals surface area contributed by atoms with E-state index >= 15 is 0 Å². The van der Waals surface area contributed by atoms with Crippen LogP contribution in [0.2, 0.25) is 0 Å². The van der Waals surface area contributed by atoms with Crippen LogP contribution in [0.5, 0.6) is 5.75 Å². The van der Waals surface area contributed by atoms with Crippen molar-refractivity contribution < 1.29 is 14.1 Å². The number of methoxy groups -OCH3 is 1. The molecule has 106 valence electrons. The van der Waals surface area contributed by atoms with Crippen molar-refractivity contribution in [1.82, 2.24) is 10.5 Å². The molecule has 0 aliphatic rings. The number of nitrogens with zero attached hydrogens (tertiary/aromatic N) is 1. The number of rotatable bonds is 5. The number of ether oxygens (including phenoxy) is 1. The monoisotopic (exact) mass is 274 g/mol. The second-order valence-corrected chi connectivity index (χ2v) is 4.54. The number of hydrogen-bond acceptors (Lipinski definition) is 4. The second-order valence-electron chi connectivity index (χ2n) is 4.54. The van der Waals surface area contributed by atoms with E-state index in [1.165, 1.54) is 0 Å². The highest BCUT2D eigenvalue weighted by Crippen LogP contribution is 2.13. The van der Waals surface area contributed by atoms with E-state index < -0.39 is 0 Å². The van der Waals surface area contributed by atoms with Gasteiger partial charge in [0.2, 0.25) is 0 Å². The molecule has 0 radical (unpaired) electrons. The zero-order chi connectivity index (χ0) is 14.5. The molecule has 0 saturated carbocycles. The normalized spacial score (nSPS) is 10.3. The summed E-state index contributed by atoms with van der Waals surface area (Å²) in [6.45, 7) is 4.32. The van der Waals surface area contributed by atoms with Gasteiger partial charge in [-0.3, -0.25) is 4.79 Å². The van der Waals surface area contributed by atoms with Crippen molar-refractivity contribution in [3.05, 3.63) is 46.8 Å². The minimum Gasteiger partial charge on any atom is -0.497 e. The summed E-state index contributed by atoms with van der Waals surface area (Å²) in [6.07, 6.45) is 0.711. The smallest absolute Gasteiger partial charge is 0.251 e. The van der Waals surface area contributed by atoms with Crippen molar-refractivity contribution in [2.75, 3.05) is 13.7 Å². The van der Waals surface area contributed by atoms with Crippen molar-refractivity contribution in [2.45, 2.75) is 20.3 Å². The van der Waals surface area contributed by atoms with Gasteiger partial charge in [0.05, 0.1) is 12.8 Å². The maximum Gasteiger partial charge on any atom is 0.251 e. The quantitative estimate of drug-likeness (QED) is 0.908. The summed E-state index contributed by atoms with van der Waals surface area (Å²) >= 11 is 0. The number of aromatic nitrogens is 1. The predicted molar refractivity (Wildman–Crippen MR) is 75.0 cm³/mol. The van der Waals surface area contributed by atoms with E-state index in [4.69, 9.17) is 9.26 Å². The number of amides is 1. The lowest BCUT2D eigenvalue weighted by atomic mass is 10.1. The molecule has 5 nitrogen and oxygen atoms in total. The Morgan fingerprint density at radius 3 is 2.55 bits per heavy atom. The lowest BCUT2D eigenvalue weighted by Gasteiger charge is -2.06. The van der Waals surface area contributed by atoms with Gasteiger partial charge in [0.15, 0.2) is 0 Å². The molecule has 0 bridgehead atoms. The Bertz CT molecular complexity index is 568. The number of aryl methyl sites for hydroxylation is 2. The van der Waals surface area contributed by atoms with Crippen molar-refractivity contribution in [1.29, 1.82) is 0 Å². The molecule has 2 aromatic rings. The van der Waals surface area contributed by atoms with Crippen molar-refractivity contribution >= 4 is 5.91 Å². The lowest BCUT2D eigenvalue weighted by Crippen LogP contribution is -2.25. The first-order valence-electron chi connectivity index (χ1n) is 6.46. The zero-order valence-corrected chi connectivity index (χ0v) is 11.9. The number of hydrogen-bond donors (Lipinski definition) is 1. The van der Waals surface area contributed by atoms with Crippen molar-refractivity contribution in [2.24, 2.45) is 0 Å². The van der Waals surface area contributed by atoms with E-state index in [1.54, 1.807) is 31.4 Å². The van der Waals surface area contributed by atoms with Gasteiger partial charge in [0, 0.05) is 17.7 Å². The summed E-state index contributed by atoms with van der Waals surface area (Å²) in [5.74, 6) is 1.44. The van der Waals surface area contributed by atoms with E-state index in [-0.39, 0.29) is 5.91 Å². The van der Waals surface area contributed by atoms with Crippen LogP contribution in [-0.4, -0.2) is 24.7 Å². The molecule has 1 heterocycles. The molecule has 0 aliphatic carbocycles. The fraction of sp³-hybridized carbons (Fsp3) is 0.333. The van der Waals surface area contributed by atoms with Crippen molar-refractivity contribution in [3.63, 3.8) is 0 Å². The largest absolute Gasteiger partial charge is 0.497 e. The summed E-state index contributed by atoms with van der Waals surface area (Å²) in [5.41, 5.74) is 2.55. The topological polar surface area (TPSA) is 64.4 Å². The molecule has 0 atom stereocenters. The van der Waals surface area contributed by atoms with Gasteiger partial charge < -0.3 is 14.6 Å². The summed E-state index contributed by atoms with van der Waals surface area (Å²) < 4.78 is 10.1. The highest BCUT2D eigenvalue weighted by atomic mass is 16.5. The van der Waals surface area contributed by atoms with E-state index in [9.17, 15) is 4.79 Å². The lowest BCUT2D eigenvalue weighted by molar-refractivity contribution is 0.0954. The molecule has 5 heteroatoms. The van der Waals surface area contributed by atoms with Crippen LogP contribution in [0.1, 0.15) is 27.4 Å². The molecular weight excluding hydrogens is 256 g/mol. The Morgan fingerprint density at radius 1 is 1.30 bits per heavy atom. The maximum atomic E-state index is 12.0. The van der Waals surface area contributed by atoms with Gasteiger partial charge in [-0.1, -0.05) is 5.16 Å². The SMILES string of the molecule is COc1ccc(C(=O)NCCc2c(C)noc2C)cc1. The molecule has 0 saturated heterocycles. The summed E-state index contributed by atoms with van der Waals surface area (Å²) in [6, 6.07) is 7.01. The Morgan fingerprint density at radius 2 is 2.00 bits per heavy atom. The Kier molecular flexibility index (Phi) is 4.40. The predicted octanol–water partition coefficient (Wildman–Crippen LogP) is 2.27. The van der Waals surface area contributed by atoms with Crippen LogP contribution in [-0.2, 0) is 6.42 Å². The number of carbonyl (C=O) groups excluding carboxylic acids is 1. The fourth-order valence-electron chi connectivity index (χ4n) is 2.00. The van der Waals surface area contributed by atoms with Gasteiger partial charge in [-0.2, -0.15) is 0 Å². The minimum absolute atomic E-state index is 0.0978. The van der Waals surface area contributed by atoms with Crippen LogP contribution < -0.4 is 10.1 Å². The van der Waals surface area contributed by atoms with Gasteiger partial charge in [-0.25, -0.2) is 0 Å². The van der Waals surface area contributed by atoms with E-state index in [2.05, 4.69) is 10.5 Å². The molecule has 1 N–H and O–H groups in total. The summed E-state index contributed by atoms with van der Waals surface area (Å²) in [4.78, 5) is 12.0. The molecule has 0 unspecified atom stereocenters. The third-order valence-corrected chi connectivity index (χ3v) is 3.19. The molecular formula is C15H18N2O3. The summed E-state index contributed by atoms with van der Waals surface area (Å²) in [5, 5.41) is 6.77.